The number of para-hydroxylation sites is 1. The van der Waals surface area contributed by atoms with Crippen molar-refractivity contribution in [2.75, 3.05) is 20.3 Å². The summed E-state index contributed by atoms with van der Waals surface area (Å²) >= 11 is 6.25. The molecule has 35 heavy (non-hydrogen) atoms. The van der Waals surface area contributed by atoms with Gasteiger partial charge in [0.1, 0.15) is 11.5 Å². The number of carbonyl (C=O) groups excluding carboxylic acids is 1. The van der Waals surface area contributed by atoms with Crippen LogP contribution in [0.5, 0.6) is 11.5 Å². The molecule has 3 rings (SSSR count). The molecule has 0 unspecified atom stereocenters. The minimum Gasteiger partial charge on any atom is -0.496 e. The molecule has 7 nitrogen and oxygen atoms in total. The second kappa shape index (κ2) is 12.1. The number of halogens is 1. The van der Waals surface area contributed by atoms with Crippen molar-refractivity contribution in [3.63, 3.8) is 0 Å². The number of ether oxygens (including phenoxy) is 2. The largest absolute Gasteiger partial charge is 0.496 e. The molecule has 0 aromatic heterocycles. The number of rotatable bonds is 11. The fourth-order valence-corrected chi connectivity index (χ4v) is 5.34. The average molecular weight is 517 g/mol. The molecule has 0 fully saturated rings. The van der Waals surface area contributed by atoms with E-state index in [0.717, 1.165) is 15.4 Å². The van der Waals surface area contributed by atoms with Crippen LogP contribution in [0.3, 0.4) is 0 Å². The second-order valence-corrected chi connectivity index (χ2v) is 10.2. The maximum absolute atomic E-state index is 13.6. The van der Waals surface area contributed by atoms with Gasteiger partial charge in [0.15, 0.2) is 0 Å². The summed E-state index contributed by atoms with van der Waals surface area (Å²) in [6, 6.07) is 20.3. The predicted octanol–water partition coefficient (Wildman–Crippen LogP) is 4.82. The van der Waals surface area contributed by atoms with E-state index in [-0.39, 0.29) is 29.0 Å². The molecule has 0 radical (unpaired) electrons. The minimum atomic E-state index is -4.05. The third kappa shape index (κ3) is 6.75. The van der Waals surface area contributed by atoms with E-state index < -0.39 is 15.9 Å². The maximum atomic E-state index is 13.6. The van der Waals surface area contributed by atoms with Gasteiger partial charge in [0, 0.05) is 12.1 Å². The number of sulfonamides is 1. The van der Waals surface area contributed by atoms with E-state index in [1.807, 2.05) is 62.4 Å². The first kappa shape index (κ1) is 26.5. The van der Waals surface area contributed by atoms with Crippen molar-refractivity contribution < 1.29 is 22.7 Å². The third-order valence-corrected chi connectivity index (χ3v) is 7.43. The van der Waals surface area contributed by atoms with Crippen LogP contribution in [-0.2, 0) is 21.4 Å². The summed E-state index contributed by atoms with van der Waals surface area (Å²) in [6.45, 7) is 3.67. The van der Waals surface area contributed by atoms with Gasteiger partial charge in [0.05, 0.1) is 36.2 Å². The van der Waals surface area contributed by atoms with Crippen LogP contribution in [0.15, 0.2) is 77.7 Å². The van der Waals surface area contributed by atoms with Crippen LogP contribution in [0, 0.1) is 0 Å². The topological polar surface area (TPSA) is 84.9 Å². The first-order chi connectivity index (χ1) is 16.8. The SMILES string of the molecule is CCOc1ccc(S(=O)(=O)N(CC(=O)N[C@H](C)c2ccccc2OC)Cc2ccccc2)cc1Cl. The van der Waals surface area contributed by atoms with E-state index in [1.165, 1.54) is 18.2 Å². The van der Waals surface area contributed by atoms with E-state index in [9.17, 15) is 13.2 Å². The van der Waals surface area contributed by atoms with Crippen LogP contribution in [-0.4, -0.2) is 38.9 Å². The van der Waals surface area contributed by atoms with Crippen molar-refractivity contribution in [2.24, 2.45) is 0 Å². The van der Waals surface area contributed by atoms with Gasteiger partial charge >= 0.3 is 0 Å². The smallest absolute Gasteiger partial charge is 0.243 e. The van der Waals surface area contributed by atoms with E-state index in [0.29, 0.717) is 18.1 Å². The highest BCUT2D eigenvalue weighted by molar-refractivity contribution is 7.89. The molecule has 0 aliphatic heterocycles. The van der Waals surface area contributed by atoms with Crippen LogP contribution < -0.4 is 14.8 Å². The average Bonchev–Trinajstić information content (AvgIpc) is 2.85. The zero-order valence-corrected chi connectivity index (χ0v) is 21.5. The Morgan fingerprint density at radius 1 is 1.03 bits per heavy atom. The number of nitrogens with zero attached hydrogens (tertiary/aromatic N) is 1. The Morgan fingerprint density at radius 2 is 1.71 bits per heavy atom. The monoisotopic (exact) mass is 516 g/mol. The summed E-state index contributed by atoms with van der Waals surface area (Å²) in [4.78, 5) is 13.0. The lowest BCUT2D eigenvalue weighted by molar-refractivity contribution is -0.122. The molecular weight excluding hydrogens is 488 g/mol. The van der Waals surface area contributed by atoms with Gasteiger partial charge in [-0.2, -0.15) is 4.31 Å². The molecule has 0 aliphatic carbocycles. The lowest BCUT2D eigenvalue weighted by atomic mass is 10.1. The van der Waals surface area contributed by atoms with Gasteiger partial charge in [-0.1, -0.05) is 60.1 Å². The van der Waals surface area contributed by atoms with Gasteiger partial charge in [0.25, 0.3) is 0 Å². The van der Waals surface area contributed by atoms with Crippen molar-refractivity contribution in [3.05, 3.63) is 88.9 Å². The van der Waals surface area contributed by atoms with Crippen molar-refractivity contribution in [2.45, 2.75) is 31.3 Å². The summed E-state index contributed by atoms with van der Waals surface area (Å²) < 4.78 is 39.1. The molecule has 3 aromatic carbocycles. The summed E-state index contributed by atoms with van der Waals surface area (Å²) in [5.41, 5.74) is 1.54. The number of methoxy groups -OCH3 is 1. The summed E-state index contributed by atoms with van der Waals surface area (Å²) in [5.74, 6) is 0.587. The highest BCUT2D eigenvalue weighted by atomic mass is 35.5. The van der Waals surface area contributed by atoms with Crippen molar-refractivity contribution in [3.8, 4) is 11.5 Å². The molecular formula is C26H29ClN2O5S. The normalized spacial score (nSPS) is 12.3. The molecule has 1 atom stereocenters. The standard InChI is InChI=1S/C26H29ClN2O5S/c1-4-34-25-15-14-21(16-23(25)27)35(31,32)29(17-20-10-6-5-7-11-20)18-26(30)28-19(2)22-12-8-9-13-24(22)33-3/h5-16,19H,4,17-18H2,1-3H3,(H,28,30)/t19-/m1/s1. The molecule has 0 saturated carbocycles. The molecule has 1 amide bonds. The molecule has 1 N–H and O–H groups in total. The van der Waals surface area contributed by atoms with Gasteiger partial charge in [-0.05, 0) is 43.7 Å². The highest BCUT2D eigenvalue weighted by Crippen LogP contribution is 2.29. The van der Waals surface area contributed by atoms with Crippen LogP contribution in [0.4, 0.5) is 0 Å². The fourth-order valence-electron chi connectivity index (χ4n) is 3.63. The van der Waals surface area contributed by atoms with Crippen LogP contribution in [0.1, 0.15) is 31.0 Å². The zero-order valence-electron chi connectivity index (χ0n) is 19.9. The first-order valence-corrected chi connectivity index (χ1v) is 13.0. The fraction of sp³-hybridized carbons (Fsp3) is 0.269. The Bertz CT molecular complexity index is 1250. The first-order valence-electron chi connectivity index (χ1n) is 11.1. The van der Waals surface area contributed by atoms with E-state index in [1.54, 1.807) is 13.2 Å². The van der Waals surface area contributed by atoms with Gasteiger partial charge in [-0.25, -0.2) is 8.42 Å². The molecule has 186 valence electrons. The number of hydrogen-bond acceptors (Lipinski definition) is 5. The van der Waals surface area contributed by atoms with E-state index in [4.69, 9.17) is 21.1 Å². The van der Waals surface area contributed by atoms with E-state index in [2.05, 4.69) is 5.32 Å². The number of hydrogen-bond donors (Lipinski definition) is 1. The van der Waals surface area contributed by atoms with Gasteiger partial charge in [-0.3, -0.25) is 4.79 Å². The molecule has 3 aromatic rings. The molecule has 9 heteroatoms. The Balaban J connectivity index is 1.86. The number of benzene rings is 3. The number of amides is 1. The zero-order chi connectivity index (χ0) is 25.4. The third-order valence-electron chi connectivity index (χ3n) is 5.35. The lowest BCUT2D eigenvalue weighted by Crippen LogP contribution is -2.41. The van der Waals surface area contributed by atoms with Crippen LogP contribution in [0.2, 0.25) is 5.02 Å². The minimum absolute atomic E-state index is 0.0183. The Hall–Kier alpha value is -3.07. The molecule has 0 bridgehead atoms. The summed E-state index contributed by atoms with van der Waals surface area (Å²) in [5, 5.41) is 3.06. The Kier molecular flexibility index (Phi) is 9.14. The molecule has 0 saturated heterocycles. The van der Waals surface area contributed by atoms with Gasteiger partial charge in [-0.15, -0.1) is 0 Å². The van der Waals surface area contributed by atoms with Crippen LogP contribution >= 0.6 is 11.6 Å². The van der Waals surface area contributed by atoms with Crippen molar-refractivity contribution in [1.82, 2.24) is 9.62 Å². The van der Waals surface area contributed by atoms with Crippen LogP contribution in [0.25, 0.3) is 0 Å². The van der Waals surface area contributed by atoms with Crippen molar-refractivity contribution in [1.29, 1.82) is 0 Å². The Morgan fingerprint density at radius 3 is 2.37 bits per heavy atom. The summed E-state index contributed by atoms with van der Waals surface area (Å²) in [6.07, 6.45) is 0. The molecule has 0 heterocycles. The maximum Gasteiger partial charge on any atom is 0.243 e. The van der Waals surface area contributed by atoms with Gasteiger partial charge in [0.2, 0.25) is 15.9 Å². The van der Waals surface area contributed by atoms with Gasteiger partial charge < -0.3 is 14.8 Å². The molecule has 0 spiro atoms. The Labute approximate surface area is 211 Å². The number of carbonyl (C=O) groups is 1. The molecule has 0 aliphatic rings. The van der Waals surface area contributed by atoms with E-state index >= 15 is 0 Å². The number of nitrogens with one attached hydrogen (secondary N) is 1. The second-order valence-electron chi connectivity index (χ2n) is 7.82. The summed E-state index contributed by atoms with van der Waals surface area (Å²) in [7, 11) is -2.49. The predicted molar refractivity (Wildman–Crippen MR) is 136 cm³/mol. The highest BCUT2D eigenvalue weighted by Gasteiger charge is 2.28. The van der Waals surface area contributed by atoms with Crippen molar-refractivity contribution >= 4 is 27.5 Å². The lowest BCUT2D eigenvalue weighted by Gasteiger charge is -2.24. The quantitative estimate of drug-likeness (QED) is 0.395.